The topological polar surface area (TPSA) is 43.8 Å². The number of nitrogen functional groups attached to an aromatic ring is 1. The van der Waals surface area contributed by atoms with Crippen LogP contribution in [0.25, 0.3) is 5.69 Å². The lowest BCUT2D eigenvalue weighted by atomic mass is 10.3. The van der Waals surface area contributed by atoms with Crippen LogP contribution in [-0.2, 0) is 0 Å². The molecule has 1 aromatic heterocycles. The molecule has 2 N–H and O–H groups in total. The molecule has 1 aromatic carbocycles. The molecule has 72 valence electrons. The lowest BCUT2D eigenvalue weighted by molar-refractivity contribution is 0.975. The molecule has 0 saturated heterocycles. The number of benzene rings is 1. The summed E-state index contributed by atoms with van der Waals surface area (Å²) in [4.78, 5) is 4.34. The third kappa shape index (κ3) is 1.48. The van der Waals surface area contributed by atoms with Gasteiger partial charge in [-0.05, 0) is 32.0 Å². The van der Waals surface area contributed by atoms with Gasteiger partial charge >= 0.3 is 0 Å². The van der Waals surface area contributed by atoms with E-state index in [-0.39, 0.29) is 0 Å². The number of imidazole rings is 1. The van der Waals surface area contributed by atoms with Crippen LogP contribution in [0.5, 0.6) is 0 Å². The molecule has 2 rings (SSSR count). The van der Waals surface area contributed by atoms with Gasteiger partial charge < -0.3 is 10.3 Å². The van der Waals surface area contributed by atoms with Crippen LogP contribution in [0.15, 0.2) is 30.5 Å². The molecule has 0 aliphatic carbocycles. The largest absolute Gasteiger partial charge is 0.399 e. The molecule has 0 radical (unpaired) electrons. The second kappa shape index (κ2) is 3.18. The molecule has 0 atom stereocenters. The molecule has 0 aliphatic rings. The Bertz CT molecular complexity index is 457. The van der Waals surface area contributed by atoms with Gasteiger partial charge in [-0.25, -0.2) is 4.98 Å². The highest BCUT2D eigenvalue weighted by atomic mass is 15.1. The van der Waals surface area contributed by atoms with E-state index >= 15 is 0 Å². The molecule has 0 spiro atoms. The van der Waals surface area contributed by atoms with Gasteiger partial charge in [0, 0.05) is 17.6 Å². The number of hydrogen-bond donors (Lipinski definition) is 1. The van der Waals surface area contributed by atoms with E-state index in [9.17, 15) is 0 Å². The van der Waals surface area contributed by atoms with Crippen molar-refractivity contribution >= 4 is 5.69 Å². The third-order valence-electron chi connectivity index (χ3n) is 2.15. The average Bonchev–Trinajstić information content (AvgIpc) is 2.45. The van der Waals surface area contributed by atoms with Gasteiger partial charge in [0.25, 0.3) is 0 Å². The smallest absolute Gasteiger partial charge is 0.110 e. The number of hydrogen-bond acceptors (Lipinski definition) is 2. The minimum atomic E-state index is 0.772. The minimum Gasteiger partial charge on any atom is -0.399 e. The molecule has 0 fully saturated rings. The fraction of sp³-hybridized carbons (Fsp3) is 0.182. The molecule has 3 nitrogen and oxygen atoms in total. The van der Waals surface area contributed by atoms with Crippen LogP contribution in [0.4, 0.5) is 5.69 Å². The Balaban J connectivity index is 2.54. The predicted molar refractivity (Wildman–Crippen MR) is 57.5 cm³/mol. The number of nitrogens with zero attached hydrogens (tertiary/aromatic N) is 2. The van der Waals surface area contributed by atoms with Crippen LogP contribution in [0.1, 0.15) is 11.5 Å². The van der Waals surface area contributed by atoms with E-state index < -0.39 is 0 Å². The van der Waals surface area contributed by atoms with Crippen molar-refractivity contribution in [1.82, 2.24) is 9.55 Å². The molecule has 0 unspecified atom stereocenters. The van der Waals surface area contributed by atoms with Gasteiger partial charge in [-0.15, -0.1) is 0 Å². The van der Waals surface area contributed by atoms with Crippen molar-refractivity contribution in [2.24, 2.45) is 0 Å². The van der Waals surface area contributed by atoms with Crippen LogP contribution in [0, 0.1) is 13.8 Å². The van der Waals surface area contributed by atoms with Gasteiger partial charge in [0.05, 0.1) is 5.69 Å². The molecule has 0 bridgehead atoms. The van der Waals surface area contributed by atoms with Crippen molar-refractivity contribution in [2.45, 2.75) is 13.8 Å². The summed E-state index contributed by atoms with van der Waals surface area (Å²) in [7, 11) is 0. The van der Waals surface area contributed by atoms with Crippen molar-refractivity contribution in [3.63, 3.8) is 0 Å². The van der Waals surface area contributed by atoms with E-state index in [1.165, 1.54) is 0 Å². The van der Waals surface area contributed by atoms with Crippen molar-refractivity contribution < 1.29 is 0 Å². The fourth-order valence-electron chi connectivity index (χ4n) is 1.55. The summed E-state index contributed by atoms with van der Waals surface area (Å²) >= 11 is 0. The van der Waals surface area contributed by atoms with Crippen LogP contribution in [-0.4, -0.2) is 9.55 Å². The maximum Gasteiger partial charge on any atom is 0.110 e. The highest BCUT2D eigenvalue weighted by Crippen LogP contribution is 2.14. The van der Waals surface area contributed by atoms with Crippen LogP contribution in [0.2, 0.25) is 0 Å². The number of aryl methyl sites for hydroxylation is 2. The second-order valence-corrected chi connectivity index (χ2v) is 3.39. The summed E-state index contributed by atoms with van der Waals surface area (Å²) < 4.78 is 2.03. The van der Waals surface area contributed by atoms with Gasteiger partial charge in [0.15, 0.2) is 0 Å². The average molecular weight is 187 g/mol. The molecular weight excluding hydrogens is 174 g/mol. The summed E-state index contributed by atoms with van der Waals surface area (Å²) in [6.07, 6.45) is 2.00. The third-order valence-corrected chi connectivity index (χ3v) is 2.15. The lowest BCUT2D eigenvalue weighted by Crippen LogP contribution is -1.96. The van der Waals surface area contributed by atoms with Gasteiger partial charge in [-0.2, -0.15) is 0 Å². The summed E-state index contributed by atoms with van der Waals surface area (Å²) in [5, 5.41) is 0. The molecule has 0 saturated carbocycles. The van der Waals surface area contributed by atoms with Gasteiger partial charge in [0.1, 0.15) is 5.82 Å². The Morgan fingerprint density at radius 3 is 2.64 bits per heavy atom. The number of aromatic nitrogens is 2. The van der Waals surface area contributed by atoms with E-state index in [0.29, 0.717) is 0 Å². The van der Waals surface area contributed by atoms with E-state index in [0.717, 1.165) is 22.9 Å². The normalized spacial score (nSPS) is 10.4. The Morgan fingerprint density at radius 2 is 2.07 bits per heavy atom. The Kier molecular flexibility index (Phi) is 2.00. The molecule has 3 heteroatoms. The first-order chi connectivity index (χ1) is 6.66. The Labute approximate surface area is 83.2 Å². The molecule has 2 aromatic rings. The van der Waals surface area contributed by atoms with Gasteiger partial charge in [-0.1, -0.05) is 6.07 Å². The van der Waals surface area contributed by atoms with Crippen molar-refractivity contribution in [3.8, 4) is 5.69 Å². The number of nitrogens with two attached hydrogens (primary N) is 1. The SMILES string of the molecule is Cc1cn(-c2cccc(N)c2)c(C)n1. The lowest BCUT2D eigenvalue weighted by Gasteiger charge is -2.04. The van der Waals surface area contributed by atoms with Crippen molar-refractivity contribution in [2.75, 3.05) is 5.73 Å². The van der Waals surface area contributed by atoms with Crippen LogP contribution in [0.3, 0.4) is 0 Å². The maximum atomic E-state index is 5.72. The quantitative estimate of drug-likeness (QED) is 0.694. The first-order valence-electron chi connectivity index (χ1n) is 4.55. The highest BCUT2D eigenvalue weighted by Gasteiger charge is 2.02. The number of rotatable bonds is 1. The maximum absolute atomic E-state index is 5.72. The predicted octanol–water partition coefficient (Wildman–Crippen LogP) is 2.07. The number of anilines is 1. The van der Waals surface area contributed by atoms with E-state index in [1.54, 1.807) is 0 Å². The summed E-state index contributed by atoms with van der Waals surface area (Å²) in [6, 6.07) is 7.78. The second-order valence-electron chi connectivity index (χ2n) is 3.39. The molecule has 0 amide bonds. The van der Waals surface area contributed by atoms with Crippen LogP contribution >= 0.6 is 0 Å². The summed E-state index contributed by atoms with van der Waals surface area (Å²) in [6.45, 7) is 3.96. The monoisotopic (exact) mass is 187 g/mol. The first-order valence-corrected chi connectivity index (χ1v) is 4.55. The summed E-state index contributed by atoms with van der Waals surface area (Å²) in [5.41, 5.74) is 8.57. The van der Waals surface area contributed by atoms with Gasteiger partial charge in [-0.3, -0.25) is 0 Å². The molecule has 14 heavy (non-hydrogen) atoms. The highest BCUT2D eigenvalue weighted by molar-refractivity contribution is 5.48. The van der Waals surface area contributed by atoms with Crippen molar-refractivity contribution in [1.29, 1.82) is 0 Å². The standard InChI is InChI=1S/C11H13N3/c1-8-7-14(9(2)13-8)11-5-3-4-10(12)6-11/h3-7H,12H2,1-2H3. The zero-order chi connectivity index (χ0) is 10.1. The van der Waals surface area contributed by atoms with E-state index in [2.05, 4.69) is 4.98 Å². The molecule has 1 heterocycles. The molecular formula is C11H13N3. The molecule has 0 aliphatic heterocycles. The zero-order valence-electron chi connectivity index (χ0n) is 8.36. The minimum absolute atomic E-state index is 0.772. The Hall–Kier alpha value is -1.77. The zero-order valence-corrected chi connectivity index (χ0v) is 8.36. The van der Waals surface area contributed by atoms with E-state index in [4.69, 9.17) is 5.73 Å². The first kappa shape index (κ1) is 8.81. The van der Waals surface area contributed by atoms with Crippen molar-refractivity contribution in [3.05, 3.63) is 42.0 Å². The summed E-state index contributed by atoms with van der Waals surface area (Å²) in [5.74, 6) is 0.980. The van der Waals surface area contributed by atoms with E-state index in [1.807, 2.05) is 48.9 Å². The fourth-order valence-corrected chi connectivity index (χ4v) is 1.55. The Morgan fingerprint density at radius 1 is 1.29 bits per heavy atom. The van der Waals surface area contributed by atoms with Gasteiger partial charge in [0.2, 0.25) is 0 Å². The van der Waals surface area contributed by atoms with Crippen LogP contribution < -0.4 is 5.73 Å².